The number of ether oxygens (including phenoxy) is 2. The van der Waals surface area contributed by atoms with Crippen molar-refractivity contribution in [1.29, 1.82) is 0 Å². The molecule has 0 unspecified atom stereocenters. The number of anilines is 1. The van der Waals surface area contributed by atoms with Crippen LogP contribution in [0.3, 0.4) is 0 Å². The van der Waals surface area contributed by atoms with Gasteiger partial charge in [0.05, 0.1) is 6.61 Å². The van der Waals surface area contributed by atoms with Gasteiger partial charge < -0.3 is 15.2 Å². The van der Waals surface area contributed by atoms with Gasteiger partial charge in [-0.3, -0.25) is 0 Å². The minimum absolute atomic E-state index is 0.0851. The van der Waals surface area contributed by atoms with Gasteiger partial charge in [-0.1, -0.05) is 0 Å². The number of aromatic nitrogens is 5. The van der Waals surface area contributed by atoms with E-state index in [1.807, 2.05) is 6.92 Å². The second kappa shape index (κ2) is 5.92. The summed E-state index contributed by atoms with van der Waals surface area (Å²) in [4.78, 5) is 11.9. The van der Waals surface area contributed by atoms with Gasteiger partial charge in [-0.2, -0.15) is 20.1 Å². The molecule has 0 saturated carbocycles. The third-order valence-electron chi connectivity index (χ3n) is 1.99. The fourth-order valence-corrected chi connectivity index (χ4v) is 1.25. The normalized spacial score (nSPS) is 10.5. The summed E-state index contributed by atoms with van der Waals surface area (Å²) in [7, 11) is 0. The maximum Gasteiger partial charge on any atom is 0.323 e. The maximum absolute atomic E-state index is 5.58. The molecule has 2 aromatic heterocycles. The Morgan fingerprint density at radius 2 is 2.17 bits per heavy atom. The molecule has 8 nitrogen and oxygen atoms in total. The van der Waals surface area contributed by atoms with Crippen LogP contribution < -0.4 is 10.5 Å². The molecule has 0 spiro atoms. The van der Waals surface area contributed by atoms with E-state index in [0.29, 0.717) is 25.8 Å². The smallest absolute Gasteiger partial charge is 0.323 e. The second-order valence-corrected chi connectivity index (χ2v) is 3.27. The minimum atomic E-state index is 0.0851. The monoisotopic (exact) mass is 250 g/mol. The quantitative estimate of drug-likeness (QED) is 0.723. The predicted molar refractivity (Wildman–Crippen MR) is 63.3 cm³/mol. The van der Waals surface area contributed by atoms with Crippen LogP contribution in [0.25, 0.3) is 5.95 Å². The number of nitrogen functional groups attached to an aromatic ring is 1. The Labute approximate surface area is 104 Å². The molecule has 0 radical (unpaired) electrons. The lowest BCUT2D eigenvalue weighted by Crippen LogP contribution is -2.12. The standard InChI is InChI=1S/C10H14N6O2/c1-2-17-6-7-18-10-14-8(11)13-9(15-10)16-5-3-4-12-16/h3-5H,2,6-7H2,1H3,(H2,11,13,14,15). The van der Waals surface area contributed by atoms with Crippen molar-refractivity contribution in [2.75, 3.05) is 25.6 Å². The van der Waals surface area contributed by atoms with E-state index in [0.717, 1.165) is 0 Å². The average molecular weight is 250 g/mol. The third-order valence-corrected chi connectivity index (χ3v) is 1.99. The summed E-state index contributed by atoms with van der Waals surface area (Å²) in [5.74, 6) is 0.404. The lowest BCUT2D eigenvalue weighted by Gasteiger charge is -2.06. The number of nitrogens with two attached hydrogens (primary N) is 1. The number of rotatable bonds is 6. The molecule has 2 rings (SSSR count). The molecule has 0 aliphatic heterocycles. The van der Waals surface area contributed by atoms with Crippen LogP contribution in [0.5, 0.6) is 6.01 Å². The molecule has 8 heteroatoms. The van der Waals surface area contributed by atoms with Gasteiger partial charge in [-0.05, 0) is 13.0 Å². The number of nitrogens with zero attached hydrogens (tertiary/aromatic N) is 5. The summed E-state index contributed by atoms with van der Waals surface area (Å²) in [5, 5.41) is 4.01. The largest absolute Gasteiger partial charge is 0.461 e. The van der Waals surface area contributed by atoms with E-state index in [1.54, 1.807) is 18.5 Å². The Bertz CT molecular complexity index is 487. The van der Waals surface area contributed by atoms with E-state index in [4.69, 9.17) is 15.2 Å². The lowest BCUT2D eigenvalue weighted by molar-refractivity contribution is 0.106. The lowest BCUT2D eigenvalue weighted by atomic mass is 10.7. The summed E-state index contributed by atoms with van der Waals surface area (Å²) in [6, 6.07) is 1.92. The number of hydrogen-bond acceptors (Lipinski definition) is 7. The van der Waals surface area contributed by atoms with Gasteiger partial charge in [-0.15, -0.1) is 0 Å². The molecule has 0 saturated heterocycles. The summed E-state index contributed by atoms with van der Waals surface area (Å²) in [6.07, 6.45) is 3.33. The Hall–Kier alpha value is -2.22. The number of hydrogen-bond donors (Lipinski definition) is 1. The maximum atomic E-state index is 5.58. The van der Waals surface area contributed by atoms with Crippen molar-refractivity contribution in [1.82, 2.24) is 24.7 Å². The van der Waals surface area contributed by atoms with E-state index in [2.05, 4.69) is 20.1 Å². The van der Waals surface area contributed by atoms with E-state index in [9.17, 15) is 0 Å². The summed E-state index contributed by atoms with van der Waals surface area (Å²) >= 11 is 0. The highest BCUT2D eigenvalue weighted by molar-refractivity contribution is 5.24. The molecule has 18 heavy (non-hydrogen) atoms. The SMILES string of the molecule is CCOCCOc1nc(N)nc(-n2cccn2)n1. The molecule has 0 aromatic carbocycles. The van der Waals surface area contributed by atoms with Crippen molar-refractivity contribution < 1.29 is 9.47 Å². The molecule has 2 aromatic rings. The zero-order valence-corrected chi connectivity index (χ0v) is 9.98. The second-order valence-electron chi connectivity index (χ2n) is 3.27. The first-order chi connectivity index (χ1) is 8.79. The van der Waals surface area contributed by atoms with E-state index in [1.165, 1.54) is 4.68 Å². The fourth-order valence-electron chi connectivity index (χ4n) is 1.25. The highest BCUT2D eigenvalue weighted by Gasteiger charge is 2.07. The topological polar surface area (TPSA) is 101 Å². The Kier molecular flexibility index (Phi) is 4.02. The molecule has 0 bridgehead atoms. The van der Waals surface area contributed by atoms with Crippen LogP contribution >= 0.6 is 0 Å². The molecule has 0 fully saturated rings. The highest BCUT2D eigenvalue weighted by atomic mass is 16.5. The van der Waals surface area contributed by atoms with Crippen molar-refractivity contribution in [3.63, 3.8) is 0 Å². The van der Waals surface area contributed by atoms with Crippen LogP contribution in [0.1, 0.15) is 6.92 Å². The first-order valence-electron chi connectivity index (χ1n) is 5.51. The molecule has 96 valence electrons. The van der Waals surface area contributed by atoms with Crippen molar-refractivity contribution >= 4 is 5.95 Å². The van der Waals surface area contributed by atoms with Gasteiger partial charge in [-0.25, -0.2) is 4.68 Å². The first-order valence-corrected chi connectivity index (χ1v) is 5.51. The summed E-state index contributed by atoms with van der Waals surface area (Å²) in [5.41, 5.74) is 5.58. The van der Waals surface area contributed by atoms with Crippen molar-refractivity contribution in [3.8, 4) is 12.0 Å². The molecular weight excluding hydrogens is 236 g/mol. The van der Waals surface area contributed by atoms with Crippen LogP contribution in [0.2, 0.25) is 0 Å². The zero-order valence-electron chi connectivity index (χ0n) is 9.98. The highest BCUT2D eigenvalue weighted by Crippen LogP contribution is 2.07. The van der Waals surface area contributed by atoms with Gasteiger partial charge in [0.25, 0.3) is 5.95 Å². The summed E-state index contributed by atoms with van der Waals surface area (Å²) in [6.45, 7) is 3.38. The van der Waals surface area contributed by atoms with Crippen molar-refractivity contribution in [2.45, 2.75) is 6.92 Å². The molecule has 0 aliphatic rings. The first kappa shape index (κ1) is 12.2. The van der Waals surface area contributed by atoms with Crippen LogP contribution in [-0.4, -0.2) is 44.6 Å². The molecule has 2 heterocycles. The van der Waals surface area contributed by atoms with E-state index >= 15 is 0 Å². The Morgan fingerprint density at radius 3 is 2.89 bits per heavy atom. The van der Waals surface area contributed by atoms with Gasteiger partial charge in [0.1, 0.15) is 6.61 Å². The van der Waals surface area contributed by atoms with Crippen LogP contribution in [-0.2, 0) is 4.74 Å². The zero-order chi connectivity index (χ0) is 12.8. The Balaban J connectivity index is 2.07. The molecular formula is C10H14N6O2. The predicted octanol–water partition coefficient (Wildman–Crippen LogP) is 0.0548. The Morgan fingerprint density at radius 1 is 1.28 bits per heavy atom. The molecule has 2 N–H and O–H groups in total. The molecule has 0 aliphatic carbocycles. The van der Waals surface area contributed by atoms with Gasteiger partial charge in [0.15, 0.2) is 0 Å². The molecule has 0 amide bonds. The summed E-state index contributed by atoms with van der Waals surface area (Å²) < 4.78 is 11.9. The fraction of sp³-hybridized carbons (Fsp3) is 0.400. The van der Waals surface area contributed by atoms with Gasteiger partial charge in [0.2, 0.25) is 5.95 Å². The van der Waals surface area contributed by atoms with Gasteiger partial charge in [0, 0.05) is 19.0 Å². The van der Waals surface area contributed by atoms with E-state index in [-0.39, 0.29) is 12.0 Å². The van der Waals surface area contributed by atoms with Crippen molar-refractivity contribution in [2.24, 2.45) is 0 Å². The minimum Gasteiger partial charge on any atom is -0.461 e. The average Bonchev–Trinajstić information content (AvgIpc) is 2.88. The molecule has 0 atom stereocenters. The van der Waals surface area contributed by atoms with Crippen LogP contribution in [0.15, 0.2) is 18.5 Å². The van der Waals surface area contributed by atoms with Crippen LogP contribution in [0.4, 0.5) is 5.95 Å². The van der Waals surface area contributed by atoms with Gasteiger partial charge >= 0.3 is 6.01 Å². The third kappa shape index (κ3) is 3.14. The van der Waals surface area contributed by atoms with E-state index < -0.39 is 0 Å². The van der Waals surface area contributed by atoms with Crippen LogP contribution in [0, 0.1) is 0 Å². The van der Waals surface area contributed by atoms with Crippen molar-refractivity contribution in [3.05, 3.63) is 18.5 Å².